The van der Waals surface area contributed by atoms with E-state index in [1.165, 1.54) is 4.90 Å². The molecule has 0 aromatic heterocycles. The number of nitrogens with zero attached hydrogens (tertiary/aromatic N) is 1. The Morgan fingerprint density at radius 1 is 1.53 bits per heavy atom. The largest absolute Gasteiger partial charge is 0.347 e. The Morgan fingerprint density at radius 2 is 2.20 bits per heavy atom. The van der Waals surface area contributed by atoms with E-state index in [4.69, 9.17) is 5.73 Å². The average molecular weight is 271 g/mol. The van der Waals surface area contributed by atoms with Gasteiger partial charge in [-0.25, -0.2) is 0 Å². The highest BCUT2D eigenvalue weighted by atomic mass is 79.9. The van der Waals surface area contributed by atoms with Crippen LogP contribution in [0.4, 0.5) is 0 Å². The van der Waals surface area contributed by atoms with Crippen molar-refractivity contribution >= 4 is 21.8 Å². The first-order chi connectivity index (χ1) is 7.00. The molecular formula is C11H15BrN2O. The minimum Gasteiger partial charge on any atom is -0.347 e. The number of hydrogen-bond donors (Lipinski definition) is 1. The summed E-state index contributed by atoms with van der Waals surface area (Å²) >= 11 is 3.38. The number of carbonyl (C=O) groups is 1. The summed E-state index contributed by atoms with van der Waals surface area (Å²) in [7, 11) is 3.42. The second-order valence-corrected chi connectivity index (χ2v) is 4.59. The number of benzene rings is 1. The zero-order valence-electron chi connectivity index (χ0n) is 8.90. The van der Waals surface area contributed by atoms with E-state index in [1.807, 2.05) is 24.3 Å². The number of likely N-dealkylation sites (N-methyl/N-ethyl adjacent to an activating group) is 1. The number of carbonyl (C=O) groups excluding carboxylic acids is 1. The van der Waals surface area contributed by atoms with E-state index in [0.717, 1.165) is 10.0 Å². The fraction of sp³-hybridized carbons (Fsp3) is 0.364. The minimum absolute atomic E-state index is 0.0463. The molecule has 0 aliphatic rings. The van der Waals surface area contributed by atoms with Crippen molar-refractivity contribution in [2.75, 3.05) is 14.1 Å². The maximum atomic E-state index is 11.5. The van der Waals surface area contributed by atoms with Crippen molar-refractivity contribution in [3.63, 3.8) is 0 Å². The summed E-state index contributed by atoms with van der Waals surface area (Å²) in [5.41, 5.74) is 6.86. The van der Waals surface area contributed by atoms with Crippen LogP contribution in [0.1, 0.15) is 5.56 Å². The molecule has 1 amide bonds. The van der Waals surface area contributed by atoms with Gasteiger partial charge in [0.1, 0.15) is 0 Å². The molecule has 3 nitrogen and oxygen atoms in total. The van der Waals surface area contributed by atoms with Crippen molar-refractivity contribution < 1.29 is 4.79 Å². The van der Waals surface area contributed by atoms with E-state index < -0.39 is 6.04 Å². The molecule has 0 saturated heterocycles. The maximum absolute atomic E-state index is 11.5. The highest BCUT2D eigenvalue weighted by Gasteiger charge is 2.15. The number of amides is 1. The van der Waals surface area contributed by atoms with Crippen LogP contribution in [0.25, 0.3) is 0 Å². The van der Waals surface area contributed by atoms with E-state index in [-0.39, 0.29) is 5.91 Å². The lowest BCUT2D eigenvalue weighted by Crippen LogP contribution is -2.41. The molecule has 1 aromatic carbocycles. The normalized spacial score (nSPS) is 12.3. The Labute approximate surface area is 98.4 Å². The van der Waals surface area contributed by atoms with Crippen molar-refractivity contribution in [2.24, 2.45) is 5.73 Å². The lowest BCUT2D eigenvalue weighted by Gasteiger charge is -2.16. The summed E-state index contributed by atoms with van der Waals surface area (Å²) in [5.74, 6) is -0.0463. The van der Waals surface area contributed by atoms with E-state index in [2.05, 4.69) is 15.9 Å². The average Bonchev–Trinajstić information content (AvgIpc) is 2.16. The van der Waals surface area contributed by atoms with Crippen LogP contribution in [0.2, 0.25) is 0 Å². The summed E-state index contributed by atoms with van der Waals surface area (Å²) < 4.78 is 1.00. The first-order valence-corrected chi connectivity index (χ1v) is 5.51. The number of halogens is 1. The van der Waals surface area contributed by atoms with Gasteiger partial charge in [0.15, 0.2) is 0 Å². The summed E-state index contributed by atoms with van der Waals surface area (Å²) in [6.45, 7) is 0. The summed E-state index contributed by atoms with van der Waals surface area (Å²) in [6, 6.07) is 7.36. The van der Waals surface area contributed by atoms with Crippen LogP contribution in [0.5, 0.6) is 0 Å². The van der Waals surface area contributed by atoms with Gasteiger partial charge >= 0.3 is 0 Å². The van der Waals surface area contributed by atoms with Gasteiger partial charge in [-0.1, -0.05) is 28.1 Å². The first-order valence-electron chi connectivity index (χ1n) is 4.72. The van der Waals surface area contributed by atoms with E-state index in [1.54, 1.807) is 14.1 Å². The fourth-order valence-corrected chi connectivity index (χ4v) is 1.78. The van der Waals surface area contributed by atoms with Gasteiger partial charge in [-0.15, -0.1) is 0 Å². The SMILES string of the molecule is CN(C)C(=O)C(N)Cc1cccc(Br)c1. The summed E-state index contributed by atoms with van der Waals surface area (Å²) in [4.78, 5) is 13.0. The molecule has 0 aliphatic heterocycles. The molecule has 15 heavy (non-hydrogen) atoms. The molecule has 1 aromatic rings. The quantitative estimate of drug-likeness (QED) is 0.903. The first kappa shape index (κ1) is 12.2. The van der Waals surface area contributed by atoms with Crippen LogP contribution in [-0.2, 0) is 11.2 Å². The van der Waals surface area contributed by atoms with Crippen molar-refractivity contribution in [1.29, 1.82) is 0 Å². The van der Waals surface area contributed by atoms with Gasteiger partial charge in [-0.3, -0.25) is 4.79 Å². The lowest BCUT2D eigenvalue weighted by molar-refractivity contribution is -0.130. The van der Waals surface area contributed by atoms with Crippen LogP contribution in [-0.4, -0.2) is 30.9 Å². The van der Waals surface area contributed by atoms with E-state index >= 15 is 0 Å². The van der Waals surface area contributed by atoms with Gasteiger partial charge < -0.3 is 10.6 Å². The Hall–Kier alpha value is -0.870. The Balaban J connectivity index is 2.66. The molecule has 82 valence electrons. The smallest absolute Gasteiger partial charge is 0.239 e. The van der Waals surface area contributed by atoms with E-state index in [9.17, 15) is 4.79 Å². The highest BCUT2D eigenvalue weighted by Crippen LogP contribution is 2.13. The minimum atomic E-state index is -0.464. The van der Waals surface area contributed by atoms with Crippen LogP contribution in [0, 0.1) is 0 Å². The third-order valence-corrected chi connectivity index (χ3v) is 2.60. The molecule has 4 heteroatoms. The second kappa shape index (κ2) is 5.28. The van der Waals surface area contributed by atoms with Gasteiger partial charge in [-0.05, 0) is 24.1 Å². The Kier molecular flexibility index (Phi) is 4.29. The maximum Gasteiger partial charge on any atom is 0.239 e. The summed E-state index contributed by atoms with van der Waals surface area (Å²) in [5, 5.41) is 0. The Bertz CT molecular complexity index is 352. The molecule has 0 bridgehead atoms. The lowest BCUT2D eigenvalue weighted by atomic mass is 10.1. The zero-order chi connectivity index (χ0) is 11.4. The molecule has 0 saturated carbocycles. The van der Waals surface area contributed by atoms with Crippen molar-refractivity contribution in [1.82, 2.24) is 4.90 Å². The fourth-order valence-electron chi connectivity index (χ4n) is 1.34. The molecule has 1 atom stereocenters. The monoisotopic (exact) mass is 270 g/mol. The highest BCUT2D eigenvalue weighted by molar-refractivity contribution is 9.10. The van der Waals surface area contributed by atoms with Gasteiger partial charge in [0.25, 0.3) is 0 Å². The topological polar surface area (TPSA) is 46.3 Å². The molecule has 2 N–H and O–H groups in total. The van der Waals surface area contributed by atoms with Crippen LogP contribution in [0.15, 0.2) is 28.7 Å². The third-order valence-electron chi connectivity index (χ3n) is 2.10. The molecule has 1 rings (SSSR count). The summed E-state index contributed by atoms with van der Waals surface area (Å²) in [6.07, 6.45) is 0.566. The molecule has 0 fully saturated rings. The van der Waals surface area contributed by atoms with Crippen LogP contribution >= 0.6 is 15.9 Å². The third kappa shape index (κ3) is 3.64. The molecule has 0 heterocycles. The Morgan fingerprint density at radius 3 is 2.73 bits per heavy atom. The van der Waals surface area contributed by atoms with Crippen molar-refractivity contribution in [3.05, 3.63) is 34.3 Å². The van der Waals surface area contributed by atoms with Crippen LogP contribution < -0.4 is 5.73 Å². The predicted octanol–water partition coefficient (Wildman–Crippen LogP) is 1.41. The van der Waals surface area contributed by atoms with Gasteiger partial charge in [0.2, 0.25) is 5.91 Å². The molecule has 0 aliphatic carbocycles. The number of nitrogens with two attached hydrogens (primary N) is 1. The van der Waals surface area contributed by atoms with Gasteiger partial charge in [0.05, 0.1) is 6.04 Å². The number of rotatable bonds is 3. The molecule has 0 radical (unpaired) electrons. The molecular weight excluding hydrogens is 256 g/mol. The van der Waals surface area contributed by atoms with Gasteiger partial charge in [0, 0.05) is 18.6 Å². The van der Waals surface area contributed by atoms with Crippen LogP contribution in [0.3, 0.4) is 0 Å². The molecule has 0 spiro atoms. The van der Waals surface area contributed by atoms with Gasteiger partial charge in [-0.2, -0.15) is 0 Å². The van der Waals surface area contributed by atoms with E-state index in [0.29, 0.717) is 6.42 Å². The number of hydrogen-bond acceptors (Lipinski definition) is 2. The predicted molar refractivity (Wildman–Crippen MR) is 64.5 cm³/mol. The second-order valence-electron chi connectivity index (χ2n) is 3.67. The van der Waals surface area contributed by atoms with Crippen molar-refractivity contribution in [3.8, 4) is 0 Å². The zero-order valence-corrected chi connectivity index (χ0v) is 10.5. The standard InChI is InChI=1S/C11H15BrN2O/c1-14(2)11(15)10(13)7-8-4-3-5-9(12)6-8/h3-6,10H,7,13H2,1-2H3. The van der Waals surface area contributed by atoms with Crippen molar-refractivity contribution in [2.45, 2.75) is 12.5 Å². The molecule has 1 unspecified atom stereocenters.